The second kappa shape index (κ2) is 21.8. The summed E-state index contributed by atoms with van der Waals surface area (Å²) in [6, 6.07) is 0. The van der Waals surface area contributed by atoms with Gasteiger partial charge in [0.2, 0.25) is 5.91 Å². The highest BCUT2D eigenvalue weighted by Gasteiger charge is 2.25. The summed E-state index contributed by atoms with van der Waals surface area (Å²) >= 11 is 0. The molecule has 0 fully saturated rings. The van der Waals surface area contributed by atoms with Crippen molar-refractivity contribution in [3.8, 4) is 0 Å². The van der Waals surface area contributed by atoms with Crippen molar-refractivity contribution in [2.75, 3.05) is 6.54 Å². The minimum absolute atomic E-state index is 0.172. The normalized spacial score (nSPS) is 15.0. The molecule has 3 heteroatoms. The molecule has 0 aliphatic rings. The van der Waals surface area contributed by atoms with Crippen molar-refractivity contribution in [2.45, 2.75) is 84.2 Å². The lowest BCUT2D eigenvalue weighted by Gasteiger charge is -2.27. The molecular weight excluding hydrogens is 394 g/mol. The molecule has 0 aromatic carbocycles. The first kappa shape index (κ1) is 29.6. The van der Waals surface area contributed by atoms with E-state index >= 15 is 0 Å². The van der Waals surface area contributed by atoms with Crippen LogP contribution in [0.3, 0.4) is 0 Å². The molecule has 2 N–H and O–H groups in total. The summed E-state index contributed by atoms with van der Waals surface area (Å²) in [4.78, 5) is 11.9. The topological polar surface area (TPSA) is 49.3 Å². The quantitative estimate of drug-likeness (QED) is 0.134. The molecule has 0 bridgehead atoms. The Balaban J connectivity index is 4.03. The smallest absolute Gasteiger partial charge is 0.244 e. The number of carbonyl (C=O) groups is 1. The zero-order valence-corrected chi connectivity index (χ0v) is 20.5. The first-order valence-corrected chi connectivity index (χ1v) is 12.2. The van der Waals surface area contributed by atoms with Gasteiger partial charge in [-0.15, -0.1) is 0 Å². The first-order chi connectivity index (χ1) is 15.6. The Kier molecular flexibility index (Phi) is 20.2. The van der Waals surface area contributed by atoms with Gasteiger partial charge < -0.3 is 10.4 Å². The van der Waals surface area contributed by atoms with Crippen LogP contribution in [-0.4, -0.2) is 23.2 Å². The van der Waals surface area contributed by atoms with Gasteiger partial charge in [-0.05, 0) is 32.1 Å². The van der Waals surface area contributed by atoms with Crippen molar-refractivity contribution in [2.24, 2.45) is 0 Å². The molecule has 0 heterocycles. The summed E-state index contributed by atoms with van der Waals surface area (Å²) in [7, 11) is 0. The van der Waals surface area contributed by atoms with Crippen LogP contribution in [0.25, 0.3) is 0 Å². The molecule has 1 atom stereocenters. The van der Waals surface area contributed by atoms with E-state index in [9.17, 15) is 9.90 Å². The zero-order chi connectivity index (χ0) is 23.8. The summed E-state index contributed by atoms with van der Waals surface area (Å²) in [6.07, 6.45) is 36.3. The first-order valence-electron chi connectivity index (χ1n) is 12.2. The maximum Gasteiger partial charge on any atom is 0.244 e. The number of amides is 1. The number of hydrogen-bond acceptors (Lipinski definition) is 2. The van der Waals surface area contributed by atoms with E-state index < -0.39 is 5.60 Å². The molecular formula is C29H45NO2. The zero-order valence-electron chi connectivity index (χ0n) is 20.5. The lowest BCUT2D eigenvalue weighted by Crippen LogP contribution is -2.42. The molecule has 0 aliphatic carbocycles. The predicted molar refractivity (Wildman–Crippen MR) is 141 cm³/mol. The van der Waals surface area contributed by atoms with Crippen molar-refractivity contribution in [1.29, 1.82) is 0 Å². The van der Waals surface area contributed by atoms with E-state index in [2.05, 4.69) is 56.5 Å². The minimum Gasteiger partial charge on any atom is -0.388 e. The van der Waals surface area contributed by atoms with Gasteiger partial charge in [0.15, 0.2) is 0 Å². The minimum atomic E-state index is -0.792. The Bertz CT molecular complexity index is 665. The number of nitrogens with one attached hydrogen (secondary N) is 1. The Morgan fingerprint density at radius 2 is 1.22 bits per heavy atom. The Labute approximate surface area is 197 Å². The molecule has 1 unspecified atom stereocenters. The molecule has 0 aliphatic heterocycles. The average Bonchev–Trinajstić information content (AvgIpc) is 2.78. The van der Waals surface area contributed by atoms with Gasteiger partial charge >= 0.3 is 0 Å². The van der Waals surface area contributed by atoms with Crippen LogP contribution in [0.1, 0.15) is 78.6 Å². The van der Waals surface area contributed by atoms with E-state index in [1.54, 1.807) is 6.08 Å². The highest BCUT2D eigenvalue weighted by Crippen LogP contribution is 2.19. The molecule has 0 aromatic rings. The second-order valence-electron chi connectivity index (χ2n) is 7.96. The van der Waals surface area contributed by atoms with Gasteiger partial charge in [-0.3, -0.25) is 4.79 Å². The third kappa shape index (κ3) is 19.6. The lowest BCUT2D eigenvalue weighted by atomic mass is 9.91. The van der Waals surface area contributed by atoms with Crippen LogP contribution in [0.5, 0.6) is 0 Å². The number of hydrogen-bond donors (Lipinski definition) is 2. The molecule has 0 aromatic heterocycles. The fraction of sp³-hybridized carbons (Fsp3) is 0.483. The lowest BCUT2D eigenvalue weighted by molar-refractivity contribution is -0.118. The second-order valence-corrected chi connectivity index (χ2v) is 7.96. The van der Waals surface area contributed by atoms with E-state index in [1.807, 2.05) is 42.5 Å². The summed E-state index contributed by atoms with van der Waals surface area (Å²) in [5, 5.41) is 13.5. The molecule has 1 amide bonds. The van der Waals surface area contributed by atoms with Gasteiger partial charge in [0, 0.05) is 12.6 Å². The van der Waals surface area contributed by atoms with E-state index in [0.29, 0.717) is 13.0 Å². The average molecular weight is 440 g/mol. The largest absolute Gasteiger partial charge is 0.388 e. The predicted octanol–water partition coefficient (Wildman–Crippen LogP) is 7.30. The molecule has 0 saturated carbocycles. The number of rotatable bonds is 18. The van der Waals surface area contributed by atoms with Crippen molar-refractivity contribution >= 4 is 5.91 Å². The van der Waals surface area contributed by atoms with E-state index in [1.165, 1.54) is 12.5 Å². The van der Waals surface area contributed by atoms with Gasteiger partial charge in [0.1, 0.15) is 0 Å². The van der Waals surface area contributed by atoms with Gasteiger partial charge in [0.05, 0.1) is 5.60 Å². The number of allylic oxidation sites excluding steroid dienone is 13. The van der Waals surface area contributed by atoms with Crippen LogP contribution >= 0.6 is 0 Å². The van der Waals surface area contributed by atoms with Crippen LogP contribution < -0.4 is 5.32 Å². The van der Waals surface area contributed by atoms with Crippen molar-refractivity contribution in [3.05, 3.63) is 85.1 Å². The van der Waals surface area contributed by atoms with Crippen molar-refractivity contribution < 1.29 is 9.90 Å². The van der Waals surface area contributed by atoms with Crippen molar-refractivity contribution in [3.63, 3.8) is 0 Å². The van der Waals surface area contributed by atoms with Crippen LogP contribution in [0.15, 0.2) is 85.1 Å². The van der Waals surface area contributed by atoms with Gasteiger partial charge in [-0.25, -0.2) is 0 Å². The van der Waals surface area contributed by atoms with Crippen LogP contribution in [0, 0.1) is 0 Å². The fourth-order valence-electron chi connectivity index (χ4n) is 2.99. The van der Waals surface area contributed by atoms with E-state index in [4.69, 9.17) is 0 Å². The maximum atomic E-state index is 11.9. The van der Waals surface area contributed by atoms with Crippen LogP contribution in [-0.2, 0) is 4.79 Å². The standard InChI is InChI=1S/C29H45NO2/c1-4-7-9-10-11-12-13-14-15-16-17-18-19-20-21-22-23-24-28(31)30-27-29(32,25-6-3)26-8-5-2/h9-16,19-24,32H,4-8,17-18,25-27H2,1-3H3,(H,30,31). The SMILES string of the molecule is CCCC=CC=CC=CC=CCCC=CC=CC=CC(=O)NCC(O)(CCC)CCCC. The molecule has 32 heavy (non-hydrogen) atoms. The molecule has 0 spiro atoms. The van der Waals surface area contributed by atoms with Gasteiger partial charge in [-0.2, -0.15) is 0 Å². The molecule has 0 saturated heterocycles. The van der Waals surface area contributed by atoms with Crippen LogP contribution in [0.4, 0.5) is 0 Å². The summed E-state index contributed by atoms with van der Waals surface area (Å²) in [5.41, 5.74) is -0.792. The van der Waals surface area contributed by atoms with Gasteiger partial charge in [0.25, 0.3) is 0 Å². The highest BCUT2D eigenvalue weighted by molar-refractivity contribution is 5.87. The molecule has 0 radical (unpaired) electrons. The van der Waals surface area contributed by atoms with E-state index in [0.717, 1.165) is 44.9 Å². The van der Waals surface area contributed by atoms with Gasteiger partial charge in [-0.1, -0.05) is 125 Å². The third-order valence-corrected chi connectivity index (χ3v) is 4.80. The van der Waals surface area contributed by atoms with Crippen molar-refractivity contribution in [1.82, 2.24) is 5.32 Å². The Morgan fingerprint density at radius 1 is 0.688 bits per heavy atom. The monoisotopic (exact) mass is 439 g/mol. The Morgan fingerprint density at radius 3 is 1.75 bits per heavy atom. The molecule has 3 nitrogen and oxygen atoms in total. The summed E-state index contributed by atoms with van der Waals surface area (Å²) in [6.45, 7) is 6.64. The number of aliphatic hydroxyl groups is 1. The maximum absolute atomic E-state index is 11.9. The van der Waals surface area contributed by atoms with E-state index in [-0.39, 0.29) is 5.91 Å². The third-order valence-electron chi connectivity index (χ3n) is 4.80. The number of unbranched alkanes of at least 4 members (excludes halogenated alkanes) is 3. The highest BCUT2D eigenvalue weighted by atomic mass is 16.3. The molecule has 178 valence electrons. The van der Waals surface area contributed by atoms with Crippen LogP contribution in [0.2, 0.25) is 0 Å². The summed E-state index contributed by atoms with van der Waals surface area (Å²) < 4.78 is 0. The summed E-state index contributed by atoms with van der Waals surface area (Å²) in [5.74, 6) is -0.172. The number of carbonyl (C=O) groups excluding carboxylic acids is 1. The molecule has 0 rings (SSSR count). The Hall–Kier alpha value is -2.39. The fourth-order valence-corrected chi connectivity index (χ4v) is 2.99.